The molecule has 0 bridgehead atoms. The molecule has 1 aromatic carbocycles. The number of hydrogen-bond donors (Lipinski definition) is 2. The fraction of sp³-hybridized carbons (Fsp3) is 0.214. The number of benzene rings is 1. The summed E-state index contributed by atoms with van der Waals surface area (Å²) in [7, 11) is 0. The largest absolute Gasteiger partial charge is 0.364 e. The number of fused-ring (bicyclic) bond motifs is 1. The van der Waals surface area contributed by atoms with E-state index in [2.05, 4.69) is 25.0 Å². The highest BCUT2D eigenvalue weighted by Gasteiger charge is 2.18. The number of para-hydroxylation sites is 2. The zero-order valence-electron chi connectivity index (χ0n) is 11.0. The Morgan fingerprint density at radius 2 is 2.25 bits per heavy atom. The van der Waals surface area contributed by atoms with Crippen LogP contribution in [-0.2, 0) is 0 Å². The summed E-state index contributed by atoms with van der Waals surface area (Å²) in [6.07, 6.45) is 2.10. The van der Waals surface area contributed by atoms with Crippen molar-refractivity contribution in [1.82, 2.24) is 20.4 Å². The predicted molar refractivity (Wildman–Crippen MR) is 73.1 cm³/mol. The van der Waals surface area contributed by atoms with E-state index in [0.717, 1.165) is 23.3 Å². The number of aromatic nitrogens is 3. The summed E-state index contributed by atoms with van der Waals surface area (Å²) in [6, 6.07) is 9.10. The minimum Gasteiger partial charge on any atom is -0.364 e. The van der Waals surface area contributed by atoms with Crippen LogP contribution in [0.2, 0.25) is 0 Å². The van der Waals surface area contributed by atoms with Crippen molar-refractivity contribution in [3.8, 4) is 0 Å². The van der Waals surface area contributed by atoms with Crippen LogP contribution in [0.4, 0.5) is 0 Å². The molecule has 6 heteroatoms. The van der Waals surface area contributed by atoms with Gasteiger partial charge in [0.25, 0.3) is 5.91 Å². The van der Waals surface area contributed by atoms with Crippen molar-refractivity contribution >= 4 is 16.9 Å². The van der Waals surface area contributed by atoms with Gasteiger partial charge in [0.05, 0.1) is 17.1 Å². The van der Waals surface area contributed by atoms with Crippen LogP contribution in [0.25, 0.3) is 11.0 Å². The summed E-state index contributed by atoms with van der Waals surface area (Å²) in [5.41, 5.74) is 2.10. The number of aromatic amines is 1. The van der Waals surface area contributed by atoms with E-state index in [0.29, 0.717) is 0 Å². The van der Waals surface area contributed by atoms with Crippen LogP contribution in [0.15, 0.2) is 41.1 Å². The summed E-state index contributed by atoms with van der Waals surface area (Å²) in [5.74, 6) is 0.469. The third-order valence-corrected chi connectivity index (χ3v) is 3.12. The molecular formula is C14H14N4O2. The van der Waals surface area contributed by atoms with Crippen molar-refractivity contribution in [2.75, 3.05) is 0 Å². The summed E-state index contributed by atoms with van der Waals surface area (Å²) in [6.45, 7) is 1.99. The molecular weight excluding hydrogens is 256 g/mol. The lowest BCUT2D eigenvalue weighted by Gasteiger charge is -2.13. The maximum atomic E-state index is 12.0. The number of amides is 1. The fourth-order valence-electron chi connectivity index (χ4n) is 2.06. The molecule has 0 spiro atoms. The zero-order chi connectivity index (χ0) is 13.9. The number of rotatable bonds is 4. The van der Waals surface area contributed by atoms with E-state index in [-0.39, 0.29) is 17.6 Å². The summed E-state index contributed by atoms with van der Waals surface area (Å²) in [5, 5.41) is 6.51. The quantitative estimate of drug-likeness (QED) is 0.762. The number of nitrogens with zero attached hydrogens (tertiary/aromatic N) is 2. The lowest BCUT2D eigenvalue weighted by molar-refractivity contribution is 0.0924. The minimum atomic E-state index is -0.272. The summed E-state index contributed by atoms with van der Waals surface area (Å²) in [4.78, 5) is 19.7. The van der Waals surface area contributed by atoms with E-state index in [9.17, 15) is 4.79 Å². The summed E-state index contributed by atoms with van der Waals surface area (Å²) >= 11 is 0. The minimum absolute atomic E-state index is 0.188. The van der Waals surface area contributed by atoms with E-state index < -0.39 is 0 Å². The number of hydrogen-bond acceptors (Lipinski definition) is 4. The first kappa shape index (κ1) is 12.4. The van der Waals surface area contributed by atoms with Gasteiger partial charge in [0.2, 0.25) is 0 Å². The van der Waals surface area contributed by atoms with Crippen molar-refractivity contribution in [3.63, 3.8) is 0 Å². The Hall–Kier alpha value is -2.63. The highest BCUT2D eigenvalue weighted by Crippen LogP contribution is 2.18. The van der Waals surface area contributed by atoms with Crippen LogP contribution < -0.4 is 5.32 Å². The molecule has 1 atom stereocenters. The molecule has 2 N–H and O–H groups in total. The number of carbonyl (C=O) groups is 1. The van der Waals surface area contributed by atoms with Crippen LogP contribution in [0, 0.1) is 0 Å². The molecule has 2 aromatic heterocycles. The van der Waals surface area contributed by atoms with Gasteiger partial charge in [-0.05, 0) is 18.6 Å². The van der Waals surface area contributed by atoms with Crippen LogP contribution in [0.5, 0.6) is 0 Å². The average Bonchev–Trinajstić information content (AvgIpc) is 3.12. The number of H-pyrrole nitrogens is 1. The molecule has 6 nitrogen and oxygen atoms in total. The Labute approximate surface area is 115 Å². The van der Waals surface area contributed by atoms with Gasteiger partial charge >= 0.3 is 0 Å². The van der Waals surface area contributed by atoms with Crippen molar-refractivity contribution < 1.29 is 9.32 Å². The molecule has 0 saturated carbocycles. The maximum absolute atomic E-state index is 12.0. The van der Waals surface area contributed by atoms with Crippen molar-refractivity contribution in [2.24, 2.45) is 0 Å². The third kappa shape index (κ3) is 2.27. The first-order valence-electron chi connectivity index (χ1n) is 6.44. The summed E-state index contributed by atoms with van der Waals surface area (Å²) < 4.78 is 4.67. The normalized spacial score (nSPS) is 12.4. The highest BCUT2D eigenvalue weighted by atomic mass is 16.5. The topological polar surface area (TPSA) is 83.8 Å². The molecule has 3 aromatic rings. The fourth-order valence-corrected chi connectivity index (χ4v) is 2.06. The smallest absolute Gasteiger partial charge is 0.274 e. The lowest BCUT2D eigenvalue weighted by Crippen LogP contribution is -2.29. The van der Waals surface area contributed by atoms with Crippen LogP contribution >= 0.6 is 0 Å². The van der Waals surface area contributed by atoms with Gasteiger partial charge in [0, 0.05) is 6.07 Å². The second-order valence-electron chi connectivity index (χ2n) is 4.46. The maximum Gasteiger partial charge on any atom is 0.274 e. The van der Waals surface area contributed by atoms with E-state index in [1.165, 1.54) is 12.3 Å². The molecule has 20 heavy (non-hydrogen) atoms. The number of carbonyl (C=O) groups excluding carboxylic acids is 1. The first-order valence-corrected chi connectivity index (χ1v) is 6.44. The monoisotopic (exact) mass is 270 g/mol. The Balaban J connectivity index is 1.84. The van der Waals surface area contributed by atoms with Gasteiger partial charge in [-0.2, -0.15) is 0 Å². The highest BCUT2D eigenvalue weighted by molar-refractivity contribution is 5.92. The van der Waals surface area contributed by atoms with Gasteiger partial charge in [-0.15, -0.1) is 0 Å². The third-order valence-electron chi connectivity index (χ3n) is 3.12. The van der Waals surface area contributed by atoms with E-state index in [1.54, 1.807) is 0 Å². The lowest BCUT2D eigenvalue weighted by atomic mass is 10.2. The molecule has 3 rings (SSSR count). The molecule has 0 aliphatic carbocycles. The SMILES string of the molecule is CC[C@H](NC(=O)c1ccon1)c1nc2ccccc2[nH]1. The van der Waals surface area contributed by atoms with Crippen molar-refractivity contribution in [2.45, 2.75) is 19.4 Å². The van der Waals surface area contributed by atoms with Gasteiger partial charge < -0.3 is 14.8 Å². The Kier molecular flexibility index (Phi) is 3.20. The molecule has 0 aliphatic heterocycles. The Morgan fingerprint density at radius 3 is 2.95 bits per heavy atom. The van der Waals surface area contributed by atoms with Gasteiger partial charge in [0.15, 0.2) is 5.69 Å². The molecule has 102 valence electrons. The van der Waals surface area contributed by atoms with E-state index >= 15 is 0 Å². The molecule has 1 amide bonds. The Bertz CT molecular complexity index is 685. The Morgan fingerprint density at radius 1 is 1.40 bits per heavy atom. The number of imidazole rings is 1. The van der Waals surface area contributed by atoms with Gasteiger partial charge in [-0.25, -0.2) is 4.98 Å². The average molecular weight is 270 g/mol. The van der Waals surface area contributed by atoms with Crippen molar-refractivity contribution in [3.05, 3.63) is 48.1 Å². The zero-order valence-corrected chi connectivity index (χ0v) is 11.0. The van der Waals surface area contributed by atoms with Crippen LogP contribution in [0.1, 0.15) is 35.7 Å². The molecule has 2 heterocycles. The van der Waals surface area contributed by atoms with Gasteiger partial charge in [0.1, 0.15) is 12.1 Å². The van der Waals surface area contributed by atoms with Crippen LogP contribution in [-0.4, -0.2) is 21.0 Å². The predicted octanol–water partition coefficient (Wildman–Crippen LogP) is 2.43. The van der Waals surface area contributed by atoms with E-state index in [4.69, 9.17) is 0 Å². The molecule has 0 unspecified atom stereocenters. The van der Waals surface area contributed by atoms with Gasteiger partial charge in [-0.3, -0.25) is 4.79 Å². The second-order valence-corrected chi connectivity index (χ2v) is 4.46. The van der Waals surface area contributed by atoms with Crippen molar-refractivity contribution in [1.29, 1.82) is 0 Å². The standard InChI is InChI=1S/C14H14N4O2/c1-2-9(17-14(19)12-7-8-20-18-12)13-15-10-5-3-4-6-11(10)16-13/h3-9H,2H2,1H3,(H,15,16)(H,17,19)/t9-/m0/s1. The van der Waals surface area contributed by atoms with E-state index in [1.807, 2.05) is 31.2 Å². The second kappa shape index (κ2) is 5.16. The molecule has 0 fully saturated rings. The van der Waals surface area contributed by atoms with Gasteiger partial charge in [-0.1, -0.05) is 24.2 Å². The molecule has 0 aliphatic rings. The molecule has 0 saturated heterocycles. The molecule has 0 radical (unpaired) electrons. The first-order chi connectivity index (χ1) is 9.78. The number of nitrogens with one attached hydrogen (secondary N) is 2. The van der Waals surface area contributed by atoms with Crippen LogP contribution in [0.3, 0.4) is 0 Å².